The van der Waals surface area contributed by atoms with Crippen LogP contribution in [-0.4, -0.2) is 45.5 Å². The number of alkyl halides is 3. The van der Waals surface area contributed by atoms with Crippen molar-refractivity contribution in [3.63, 3.8) is 0 Å². The van der Waals surface area contributed by atoms with Crippen LogP contribution in [0, 0.1) is 0 Å². The lowest BCUT2D eigenvalue weighted by atomic mass is 9.82. The summed E-state index contributed by atoms with van der Waals surface area (Å²) in [5.74, 6) is -1.68. The van der Waals surface area contributed by atoms with Gasteiger partial charge in [-0.1, -0.05) is 24.3 Å². The number of ether oxygens (including phenoxy) is 3. The quantitative estimate of drug-likeness (QED) is 0.621. The van der Waals surface area contributed by atoms with Gasteiger partial charge >= 0.3 is 12.1 Å². The number of rotatable bonds is 2. The van der Waals surface area contributed by atoms with Crippen LogP contribution in [0.4, 0.5) is 24.5 Å². The normalized spacial score (nSPS) is 23.1. The van der Waals surface area contributed by atoms with E-state index in [0.29, 0.717) is 17.0 Å². The smallest absolute Gasteiger partial charge is 0.432 e. The molecule has 0 N–H and O–H groups in total. The first-order valence-electron chi connectivity index (χ1n) is 10.3. The first kappa shape index (κ1) is 22.0. The Morgan fingerprint density at radius 2 is 1.85 bits per heavy atom. The van der Waals surface area contributed by atoms with Crippen molar-refractivity contribution >= 4 is 29.3 Å². The Hall–Kier alpha value is -3.79. The number of hydrogen-bond donors (Lipinski definition) is 0. The third-order valence-electron chi connectivity index (χ3n) is 6.22. The number of para-hydroxylation sites is 1. The number of methoxy groups -OCH3 is 2. The van der Waals surface area contributed by atoms with Gasteiger partial charge in [-0.2, -0.15) is 13.2 Å². The highest BCUT2D eigenvalue weighted by Gasteiger charge is 2.65. The van der Waals surface area contributed by atoms with Crippen molar-refractivity contribution in [1.82, 2.24) is 0 Å². The van der Waals surface area contributed by atoms with E-state index in [0.717, 1.165) is 12.0 Å². The van der Waals surface area contributed by atoms with Gasteiger partial charge < -0.3 is 24.0 Å². The molecule has 2 atom stereocenters. The highest BCUT2D eigenvalue weighted by molar-refractivity contribution is 6.15. The van der Waals surface area contributed by atoms with Crippen LogP contribution >= 0.6 is 0 Å². The van der Waals surface area contributed by atoms with Gasteiger partial charge in [0.2, 0.25) is 5.60 Å². The van der Waals surface area contributed by atoms with Crippen LogP contribution in [-0.2, 0) is 24.7 Å². The Balaban J connectivity index is 1.88. The Kier molecular flexibility index (Phi) is 4.77. The second-order valence-electron chi connectivity index (χ2n) is 7.94. The molecule has 0 bridgehead atoms. The number of nitrogens with zero attached hydrogens (tertiary/aromatic N) is 2. The minimum atomic E-state index is -5.03. The highest BCUT2D eigenvalue weighted by Crippen LogP contribution is 2.55. The van der Waals surface area contributed by atoms with Gasteiger partial charge in [-0.05, 0) is 30.3 Å². The third kappa shape index (κ3) is 2.81. The fourth-order valence-corrected chi connectivity index (χ4v) is 4.79. The summed E-state index contributed by atoms with van der Waals surface area (Å²) in [5, 5.41) is 0. The van der Waals surface area contributed by atoms with E-state index in [1.54, 1.807) is 30.3 Å². The summed E-state index contributed by atoms with van der Waals surface area (Å²) in [5.41, 5.74) is -3.52. The van der Waals surface area contributed by atoms with Gasteiger partial charge in [-0.3, -0.25) is 4.79 Å². The summed E-state index contributed by atoms with van der Waals surface area (Å²) < 4.78 is 60.6. The van der Waals surface area contributed by atoms with Crippen LogP contribution in [0.5, 0.6) is 5.75 Å². The molecule has 0 saturated heterocycles. The van der Waals surface area contributed by atoms with Crippen molar-refractivity contribution in [1.29, 1.82) is 0 Å². The number of hydrogen-bond acceptors (Lipinski definition) is 6. The topological polar surface area (TPSA) is 68.3 Å². The van der Waals surface area contributed by atoms with Crippen LogP contribution in [0.2, 0.25) is 0 Å². The van der Waals surface area contributed by atoms with E-state index in [9.17, 15) is 22.8 Å². The van der Waals surface area contributed by atoms with Gasteiger partial charge in [0.15, 0.2) is 6.23 Å². The Labute approximate surface area is 192 Å². The number of esters is 1. The number of anilines is 2. The molecule has 34 heavy (non-hydrogen) atoms. The maximum atomic E-state index is 14.8. The average molecular weight is 472 g/mol. The summed E-state index contributed by atoms with van der Waals surface area (Å²) >= 11 is 0. The van der Waals surface area contributed by atoms with Crippen LogP contribution < -0.4 is 14.5 Å². The molecule has 0 fully saturated rings. The third-order valence-corrected chi connectivity index (χ3v) is 6.22. The number of allylic oxidation sites excluding steroid dienone is 1. The molecular formula is C24H19F3N2O5. The van der Waals surface area contributed by atoms with Crippen molar-refractivity contribution < 1.29 is 37.0 Å². The standard InChI is InChI=1S/C24H19F3N2O5/c1-28-17-7-5-4-6-15(17)23(22(28)31)19(21(30)33-3)20(24(25,26)27)29-16-10-9-14(32-2)12-13(16)8-11-18(29)34-23/h4-12,18H,1-3H3/t18-,23+/m1/s1. The second-order valence-corrected chi connectivity index (χ2v) is 7.94. The molecule has 7 nitrogen and oxygen atoms in total. The van der Waals surface area contributed by atoms with E-state index < -0.39 is 41.2 Å². The molecule has 3 aliphatic heterocycles. The monoisotopic (exact) mass is 472 g/mol. The van der Waals surface area contributed by atoms with Gasteiger partial charge in [0.05, 0.1) is 25.6 Å². The van der Waals surface area contributed by atoms with Crippen molar-refractivity contribution in [2.24, 2.45) is 0 Å². The van der Waals surface area contributed by atoms with Gasteiger partial charge in [0, 0.05) is 18.2 Å². The fourth-order valence-electron chi connectivity index (χ4n) is 4.79. The van der Waals surface area contributed by atoms with E-state index in [1.165, 1.54) is 43.3 Å². The first-order chi connectivity index (χ1) is 16.1. The molecule has 0 radical (unpaired) electrons. The van der Waals surface area contributed by atoms with Gasteiger partial charge in [0.25, 0.3) is 5.91 Å². The van der Waals surface area contributed by atoms with Gasteiger partial charge in [-0.25, -0.2) is 4.79 Å². The van der Waals surface area contributed by atoms with E-state index in [-0.39, 0.29) is 11.3 Å². The number of carbonyl (C=O) groups excluding carboxylic acids is 2. The zero-order valence-corrected chi connectivity index (χ0v) is 18.3. The predicted molar refractivity (Wildman–Crippen MR) is 116 cm³/mol. The number of amides is 1. The molecule has 1 amide bonds. The second kappa shape index (κ2) is 7.36. The molecule has 3 heterocycles. The molecule has 10 heteroatoms. The fraction of sp³-hybridized carbons (Fsp3) is 0.250. The molecule has 0 saturated carbocycles. The summed E-state index contributed by atoms with van der Waals surface area (Å²) in [6.45, 7) is 0. The Bertz CT molecular complexity index is 1290. The largest absolute Gasteiger partial charge is 0.497 e. The van der Waals surface area contributed by atoms with E-state index in [1.807, 2.05) is 0 Å². The molecule has 1 spiro atoms. The van der Waals surface area contributed by atoms with E-state index in [2.05, 4.69) is 0 Å². The van der Waals surface area contributed by atoms with E-state index in [4.69, 9.17) is 14.2 Å². The highest BCUT2D eigenvalue weighted by atomic mass is 19.4. The molecule has 0 unspecified atom stereocenters. The Morgan fingerprint density at radius 3 is 2.53 bits per heavy atom. The lowest BCUT2D eigenvalue weighted by molar-refractivity contribution is -0.160. The molecule has 3 aliphatic rings. The van der Waals surface area contributed by atoms with Crippen LogP contribution in [0.3, 0.4) is 0 Å². The zero-order valence-electron chi connectivity index (χ0n) is 18.3. The molecule has 2 aromatic carbocycles. The molecule has 0 aromatic heterocycles. The van der Waals surface area contributed by atoms with Crippen molar-refractivity contribution in [2.75, 3.05) is 31.1 Å². The predicted octanol–water partition coefficient (Wildman–Crippen LogP) is 3.75. The summed E-state index contributed by atoms with van der Waals surface area (Å²) in [7, 11) is 3.83. The van der Waals surface area contributed by atoms with Crippen molar-refractivity contribution in [3.05, 3.63) is 70.9 Å². The minimum Gasteiger partial charge on any atom is -0.497 e. The van der Waals surface area contributed by atoms with Crippen LogP contribution in [0.15, 0.2) is 59.8 Å². The van der Waals surface area contributed by atoms with Crippen molar-refractivity contribution in [2.45, 2.75) is 18.0 Å². The maximum absolute atomic E-state index is 14.8. The summed E-state index contributed by atoms with van der Waals surface area (Å²) in [6.07, 6.45) is -3.34. The minimum absolute atomic E-state index is 0.137. The van der Waals surface area contributed by atoms with Gasteiger partial charge in [0.1, 0.15) is 17.0 Å². The van der Waals surface area contributed by atoms with E-state index >= 15 is 0 Å². The number of benzene rings is 2. The van der Waals surface area contributed by atoms with Crippen molar-refractivity contribution in [3.8, 4) is 5.75 Å². The van der Waals surface area contributed by atoms with Gasteiger partial charge in [-0.15, -0.1) is 0 Å². The Morgan fingerprint density at radius 1 is 1.12 bits per heavy atom. The maximum Gasteiger partial charge on any atom is 0.432 e. The number of likely N-dealkylation sites (N-methyl/N-ethyl adjacent to an activating group) is 1. The molecule has 176 valence electrons. The zero-order chi connectivity index (χ0) is 24.4. The first-order valence-corrected chi connectivity index (χ1v) is 10.3. The number of carbonyl (C=O) groups is 2. The SMILES string of the molecule is COC(=O)C1=C(C(F)(F)F)N2c3ccc(OC)cc3C=C[C@H]2O[C@]12C(=O)N(C)c1ccccc12. The molecular weight excluding hydrogens is 453 g/mol. The summed E-state index contributed by atoms with van der Waals surface area (Å²) in [6, 6.07) is 10.8. The van der Waals surface area contributed by atoms with Crippen LogP contribution in [0.1, 0.15) is 11.1 Å². The number of halogens is 3. The summed E-state index contributed by atoms with van der Waals surface area (Å²) in [4.78, 5) is 28.7. The molecule has 2 aromatic rings. The lowest BCUT2D eigenvalue weighted by Gasteiger charge is -2.47. The van der Waals surface area contributed by atoms with Crippen LogP contribution in [0.25, 0.3) is 6.08 Å². The lowest BCUT2D eigenvalue weighted by Crippen LogP contribution is -2.58. The average Bonchev–Trinajstić information content (AvgIpc) is 3.04. The molecule has 0 aliphatic carbocycles. The number of fused-ring (bicyclic) bond motifs is 5. The molecule has 5 rings (SSSR count).